The molecule has 0 unspecified atom stereocenters. The van der Waals surface area contributed by atoms with Crippen LogP contribution in [0.25, 0.3) is 0 Å². The predicted octanol–water partition coefficient (Wildman–Crippen LogP) is 3.63. The maximum atomic E-state index is 5.92. The van der Waals surface area contributed by atoms with Crippen LogP contribution in [0.5, 0.6) is 0 Å². The Bertz CT molecular complexity index is 289. The van der Waals surface area contributed by atoms with Crippen LogP contribution < -0.4 is 0 Å². The van der Waals surface area contributed by atoms with E-state index in [0.29, 0.717) is 5.41 Å². The molecule has 0 saturated carbocycles. The third kappa shape index (κ3) is 4.20. The van der Waals surface area contributed by atoms with Gasteiger partial charge in [0.2, 0.25) is 0 Å². The highest BCUT2D eigenvalue weighted by atomic mass is 35.5. The van der Waals surface area contributed by atoms with Crippen molar-refractivity contribution < 1.29 is 0 Å². The van der Waals surface area contributed by atoms with Crippen molar-refractivity contribution in [3.8, 4) is 0 Å². The van der Waals surface area contributed by atoms with E-state index in [9.17, 15) is 0 Å². The molecule has 0 aromatic heterocycles. The van der Waals surface area contributed by atoms with Crippen LogP contribution in [-0.4, -0.2) is 19.3 Å². The fourth-order valence-electron chi connectivity index (χ4n) is 1.65. The van der Waals surface area contributed by atoms with Crippen molar-refractivity contribution in [2.45, 2.75) is 31.7 Å². The minimum absolute atomic E-state index is 0.365. The highest BCUT2D eigenvalue weighted by molar-refractivity contribution is 6.93. The first-order chi connectivity index (χ1) is 6.53. The normalized spacial score (nSPS) is 11.1. The van der Waals surface area contributed by atoms with Crippen molar-refractivity contribution in [1.29, 1.82) is 0 Å². The monoisotopic (exact) mass is 220 g/mol. The molecular formula is C12H17ClMg. The minimum atomic E-state index is -0.387. The Hall–Kier alpha value is 0.276. The molecule has 0 N–H and O–H groups in total. The molecule has 14 heavy (non-hydrogen) atoms. The van der Waals surface area contributed by atoms with Gasteiger partial charge in [-0.15, -0.1) is 0 Å². The quantitative estimate of drug-likeness (QED) is 0.683. The molecule has 0 saturated heterocycles. The summed E-state index contributed by atoms with van der Waals surface area (Å²) in [5.41, 5.74) is 3.31. The van der Waals surface area contributed by atoms with E-state index in [4.69, 9.17) is 9.07 Å². The van der Waals surface area contributed by atoms with E-state index in [-0.39, 0.29) is 19.3 Å². The summed E-state index contributed by atoms with van der Waals surface area (Å²) in [6, 6.07) is 8.70. The molecule has 0 fully saturated rings. The Kier molecular flexibility index (Phi) is 4.75. The maximum Gasteiger partial charge on any atom is 0.505 e. The minimum Gasteiger partial charge on any atom is -0.345 e. The van der Waals surface area contributed by atoms with E-state index >= 15 is 0 Å². The molecule has 1 aromatic rings. The Morgan fingerprint density at radius 3 is 2.21 bits per heavy atom. The molecule has 0 aliphatic rings. The van der Waals surface area contributed by atoms with Gasteiger partial charge in [0, 0.05) is 0 Å². The highest BCUT2D eigenvalue weighted by Gasteiger charge is 2.13. The highest BCUT2D eigenvalue weighted by Crippen LogP contribution is 2.23. The van der Waals surface area contributed by atoms with E-state index in [0.717, 1.165) is 11.0 Å². The molecule has 0 amide bonds. The lowest BCUT2D eigenvalue weighted by Gasteiger charge is -2.20. The summed E-state index contributed by atoms with van der Waals surface area (Å²) >= 11 is -0.387. The summed E-state index contributed by atoms with van der Waals surface area (Å²) in [4.78, 5) is 0. The zero-order valence-electron chi connectivity index (χ0n) is 9.31. The summed E-state index contributed by atoms with van der Waals surface area (Å²) in [5, 5.41) is 0. The lowest BCUT2D eigenvalue weighted by atomic mass is 9.86. The van der Waals surface area contributed by atoms with Crippen molar-refractivity contribution >= 4 is 28.3 Å². The summed E-state index contributed by atoms with van der Waals surface area (Å²) in [7, 11) is 5.92. The zero-order chi connectivity index (χ0) is 10.6. The Morgan fingerprint density at radius 1 is 1.14 bits per heavy atom. The fraction of sp³-hybridized carbons (Fsp3) is 0.500. The van der Waals surface area contributed by atoms with Crippen LogP contribution in [0.2, 0.25) is 0 Å². The summed E-state index contributed by atoms with van der Waals surface area (Å²) in [6.45, 7) is 6.84. The Labute approximate surface area is 101 Å². The molecule has 0 aliphatic carbocycles. The standard InChI is InChI=1S/C12H17.ClH.Mg/c1-10-7-5-6-8-11(10)9-12(2,3)4;;/h5-8H,1,9H2,2-4H3;1H;/q;;+1/p-1. The lowest BCUT2D eigenvalue weighted by molar-refractivity contribution is 0.410. The zero-order valence-corrected chi connectivity index (χ0v) is 11.5. The second-order valence-corrected chi connectivity index (χ2v) is 6.96. The van der Waals surface area contributed by atoms with Gasteiger partial charge in [-0.3, -0.25) is 0 Å². The smallest absolute Gasteiger partial charge is 0.345 e. The molecular weight excluding hydrogens is 204 g/mol. The van der Waals surface area contributed by atoms with Gasteiger partial charge in [0.1, 0.15) is 0 Å². The molecule has 0 radical (unpaired) electrons. The number of benzene rings is 1. The van der Waals surface area contributed by atoms with E-state index in [1.807, 2.05) is 0 Å². The molecule has 0 atom stereocenters. The Morgan fingerprint density at radius 2 is 1.71 bits per heavy atom. The van der Waals surface area contributed by atoms with Crippen molar-refractivity contribution in [3.05, 3.63) is 35.4 Å². The van der Waals surface area contributed by atoms with Gasteiger partial charge in [0.15, 0.2) is 0 Å². The van der Waals surface area contributed by atoms with Gasteiger partial charge in [0.05, 0.1) is 0 Å². The van der Waals surface area contributed by atoms with E-state index in [1.165, 1.54) is 11.1 Å². The van der Waals surface area contributed by atoms with Crippen LogP contribution >= 0.6 is 9.07 Å². The van der Waals surface area contributed by atoms with Crippen LogP contribution in [-0.2, 0) is 11.0 Å². The van der Waals surface area contributed by atoms with Gasteiger partial charge in [-0.1, -0.05) is 55.2 Å². The molecule has 1 rings (SSSR count). The van der Waals surface area contributed by atoms with Gasteiger partial charge >= 0.3 is 19.3 Å². The van der Waals surface area contributed by atoms with Gasteiger partial charge < -0.3 is 9.07 Å². The third-order valence-electron chi connectivity index (χ3n) is 2.20. The van der Waals surface area contributed by atoms with Gasteiger partial charge in [-0.05, 0) is 17.4 Å². The average molecular weight is 221 g/mol. The molecule has 0 heterocycles. The molecule has 0 aliphatic heterocycles. The summed E-state index contributed by atoms with van der Waals surface area (Å²) < 4.78 is 1.12. The Balaban J connectivity index is 2.84. The first kappa shape index (κ1) is 12.3. The first-order valence-corrected chi connectivity index (χ1v) is 8.29. The van der Waals surface area contributed by atoms with Gasteiger partial charge in [-0.25, -0.2) is 0 Å². The van der Waals surface area contributed by atoms with Crippen LogP contribution in [0, 0.1) is 5.41 Å². The largest absolute Gasteiger partial charge is 0.505 e. The van der Waals surface area contributed by atoms with Crippen molar-refractivity contribution in [3.63, 3.8) is 0 Å². The van der Waals surface area contributed by atoms with Crippen molar-refractivity contribution in [2.75, 3.05) is 0 Å². The second-order valence-electron chi connectivity index (χ2n) is 4.95. The van der Waals surface area contributed by atoms with Crippen LogP contribution in [0.3, 0.4) is 0 Å². The van der Waals surface area contributed by atoms with E-state index in [1.54, 1.807) is 0 Å². The molecule has 74 valence electrons. The van der Waals surface area contributed by atoms with Crippen molar-refractivity contribution in [2.24, 2.45) is 5.41 Å². The number of rotatable bonds is 3. The third-order valence-corrected chi connectivity index (χ3v) is 3.50. The van der Waals surface area contributed by atoms with Gasteiger partial charge in [-0.2, -0.15) is 0 Å². The topological polar surface area (TPSA) is 0 Å². The molecule has 0 spiro atoms. The summed E-state index contributed by atoms with van der Waals surface area (Å²) in [5.74, 6) is 0. The van der Waals surface area contributed by atoms with E-state index < -0.39 is 0 Å². The van der Waals surface area contributed by atoms with Crippen molar-refractivity contribution in [1.82, 2.24) is 0 Å². The summed E-state index contributed by atoms with van der Waals surface area (Å²) in [6.07, 6.45) is 1.15. The molecule has 1 aromatic carbocycles. The maximum absolute atomic E-state index is 5.92. The van der Waals surface area contributed by atoms with Crippen LogP contribution in [0.15, 0.2) is 24.3 Å². The average Bonchev–Trinajstić information content (AvgIpc) is 2.06. The van der Waals surface area contributed by atoms with Crippen LogP contribution in [0.4, 0.5) is 0 Å². The first-order valence-electron chi connectivity index (χ1n) is 5.16. The molecule has 2 heteroatoms. The van der Waals surface area contributed by atoms with E-state index in [2.05, 4.69) is 45.0 Å². The molecule has 0 bridgehead atoms. The van der Waals surface area contributed by atoms with Gasteiger partial charge in [0.25, 0.3) is 0 Å². The number of halogens is 1. The SMILES string of the molecule is CC(C)(C)Cc1ccccc1[CH2][Mg][Cl]. The predicted molar refractivity (Wildman–Crippen MR) is 64.9 cm³/mol. The fourth-order valence-corrected chi connectivity index (χ4v) is 2.95. The molecule has 0 nitrogen and oxygen atoms in total. The second kappa shape index (κ2) is 5.38. The number of hydrogen-bond acceptors (Lipinski definition) is 0. The lowest BCUT2D eigenvalue weighted by Crippen LogP contribution is -2.11. The van der Waals surface area contributed by atoms with Crippen LogP contribution in [0.1, 0.15) is 31.9 Å². The number of hydrogen-bond donors (Lipinski definition) is 0.